The summed E-state index contributed by atoms with van der Waals surface area (Å²) in [6.45, 7) is 20.9. The Morgan fingerprint density at radius 2 is 1.60 bits per heavy atom. The van der Waals surface area contributed by atoms with Crippen molar-refractivity contribution in [2.45, 2.75) is 52.7 Å². The van der Waals surface area contributed by atoms with Crippen LogP contribution in [0.5, 0.6) is 0 Å². The monoisotopic (exact) mass is 278 g/mol. The maximum absolute atomic E-state index is 5.46. The van der Waals surface area contributed by atoms with Crippen LogP contribution in [0, 0.1) is 0 Å². The molecule has 112 valence electrons. The van der Waals surface area contributed by atoms with Gasteiger partial charge in [-0.2, -0.15) is 0 Å². The summed E-state index contributed by atoms with van der Waals surface area (Å²) in [5.41, 5.74) is 1.65. The highest BCUT2D eigenvalue weighted by Gasteiger charge is 2.27. The first kappa shape index (κ1) is 16.5. The van der Waals surface area contributed by atoms with Crippen molar-refractivity contribution in [1.82, 2.24) is 0 Å². The summed E-state index contributed by atoms with van der Waals surface area (Å²) in [6.07, 6.45) is 0. The average molecular weight is 278 g/mol. The largest absolute Gasteiger partial charge is 0.475 e. The molecule has 0 spiro atoms. The summed E-state index contributed by atoms with van der Waals surface area (Å²) in [5.74, 6) is 1.43. The zero-order valence-electron chi connectivity index (χ0n) is 13.5. The van der Waals surface area contributed by atoms with Gasteiger partial charge in [0.05, 0.1) is 12.1 Å². The highest BCUT2D eigenvalue weighted by Crippen LogP contribution is 2.20. The SMILES string of the molecule is C=C(C)C1=NC(C)(C)CO1.C=C(C)C1=NCC(C)(C)O1. The molecular weight excluding hydrogens is 252 g/mol. The molecule has 0 saturated carbocycles. The summed E-state index contributed by atoms with van der Waals surface area (Å²) in [4.78, 5) is 8.50. The molecule has 0 aromatic heterocycles. The molecule has 2 heterocycles. The number of rotatable bonds is 2. The maximum Gasteiger partial charge on any atom is 0.211 e. The maximum atomic E-state index is 5.46. The molecule has 2 rings (SSSR count). The predicted molar refractivity (Wildman–Crippen MR) is 84.6 cm³/mol. The minimum atomic E-state index is -0.117. The molecule has 0 aromatic rings. The fourth-order valence-electron chi connectivity index (χ4n) is 1.61. The van der Waals surface area contributed by atoms with Crippen molar-refractivity contribution in [2.24, 2.45) is 9.98 Å². The molecule has 4 nitrogen and oxygen atoms in total. The van der Waals surface area contributed by atoms with Crippen LogP contribution in [0.25, 0.3) is 0 Å². The first-order chi connectivity index (χ1) is 9.02. The van der Waals surface area contributed by atoms with Crippen LogP contribution in [0.4, 0.5) is 0 Å². The zero-order valence-corrected chi connectivity index (χ0v) is 13.5. The summed E-state index contributed by atoms with van der Waals surface area (Å²) in [6, 6.07) is 0. The van der Waals surface area contributed by atoms with Gasteiger partial charge >= 0.3 is 0 Å². The Kier molecular flexibility index (Phi) is 4.79. The van der Waals surface area contributed by atoms with Gasteiger partial charge in [-0.1, -0.05) is 13.2 Å². The molecule has 0 atom stereocenters. The molecule has 0 aromatic carbocycles. The molecule has 0 radical (unpaired) electrons. The Bertz CT molecular complexity index is 471. The minimum Gasteiger partial charge on any atom is -0.475 e. The Labute approximate surface area is 122 Å². The molecule has 20 heavy (non-hydrogen) atoms. The Morgan fingerprint density at radius 3 is 1.80 bits per heavy atom. The summed E-state index contributed by atoms with van der Waals surface area (Å²) < 4.78 is 10.7. The van der Waals surface area contributed by atoms with E-state index in [1.54, 1.807) is 0 Å². The van der Waals surface area contributed by atoms with Crippen LogP contribution >= 0.6 is 0 Å². The van der Waals surface area contributed by atoms with Crippen LogP contribution in [0.2, 0.25) is 0 Å². The fraction of sp³-hybridized carbons (Fsp3) is 0.625. The van der Waals surface area contributed by atoms with Gasteiger partial charge in [-0.25, -0.2) is 9.98 Å². The molecule has 0 N–H and O–H groups in total. The van der Waals surface area contributed by atoms with E-state index in [9.17, 15) is 0 Å². The van der Waals surface area contributed by atoms with Gasteiger partial charge in [0.1, 0.15) is 12.2 Å². The third-order valence-electron chi connectivity index (χ3n) is 2.67. The predicted octanol–water partition coefficient (Wildman–Crippen LogP) is 3.54. The number of aliphatic imine (C=N–C) groups is 2. The Balaban J connectivity index is 0.000000200. The topological polar surface area (TPSA) is 43.2 Å². The van der Waals surface area contributed by atoms with Gasteiger partial charge in [-0.3, -0.25) is 0 Å². The van der Waals surface area contributed by atoms with Crippen LogP contribution in [0.1, 0.15) is 41.5 Å². The molecule has 0 saturated heterocycles. The van der Waals surface area contributed by atoms with Crippen LogP contribution in [-0.4, -0.2) is 36.1 Å². The van der Waals surface area contributed by atoms with E-state index >= 15 is 0 Å². The Hall–Kier alpha value is -1.58. The van der Waals surface area contributed by atoms with E-state index in [0.717, 1.165) is 17.7 Å². The lowest BCUT2D eigenvalue weighted by Gasteiger charge is -2.16. The van der Waals surface area contributed by atoms with Crippen molar-refractivity contribution in [3.8, 4) is 0 Å². The van der Waals surface area contributed by atoms with Crippen molar-refractivity contribution in [3.05, 3.63) is 24.3 Å². The molecule has 0 aliphatic carbocycles. The van der Waals surface area contributed by atoms with Crippen molar-refractivity contribution in [2.75, 3.05) is 13.2 Å². The highest BCUT2D eigenvalue weighted by molar-refractivity contribution is 5.94. The van der Waals surface area contributed by atoms with E-state index in [0.29, 0.717) is 18.4 Å². The molecule has 0 unspecified atom stereocenters. The van der Waals surface area contributed by atoms with Crippen LogP contribution in [0.15, 0.2) is 34.3 Å². The van der Waals surface area contributed by atoms with Crippen molar-refractivity contribution < 1.29 is 9.47 Å². The second kappa shape index (κ2) is 5.81. The Morgan fingerprint density at radius 1 is 1.05 bits per heavy atom. The number of ether oxygens (including phenoxy) is 2. The summed E-state index contributed by atoms with van der Waals surface area (Å²) >= 11 is 0. The zero-order chi connectivity index (χ0) is 15.6. The third-order valence-corrected chi connectivity index (χ3v) is 2.67. The highest BCUT2D eigenvalue weighted by atomic mass is 16.5. The molecule has 4 heteroatoms. The van der Waals surface area contributed by atoms with Crippen LogP contribution in [0.3, 0.4) is 0 Å². The normalized spacial score (nSPS) is 21.7. The second-order valence-electron chi connectivity index (χ2n) is 6.56. The van der Waals surface area contributed by atoms with Gasteiger partial charge in [-0.15, -0.1) is 0 Å². The lowest BCUT2D eigenvalue weighted by atomic mass is 10.1. The molecular formula is C16H26N2O2. The molecule has 0 fully saturated rings. The standard InChI is InChI=1S/2C8H13NO/c1-6(2)7-9-8(3,4)5-10-7;1-6(2)7-9-5-8(3,4)10-7/h2*1,5H2,2-4H3. The molecule has 0 amide bonds. The molecule has 0 bridgehead atoms. The van der Waals surface area contributed by atoms with Gasteiger partial charge in [-0.05, 0) is 41.5 Å². The van der Waals surface area contributed by atoms with E-state index in [4.69, 9.17) is 9.47 Å². The number of nitrogens with zero attached hydrogens (tertiary/aromatic N) is 2. The van der Waals surface area contributed by atoms with Gasteiger partial charge in [0.2, 0.25) is 11.8 Å². The smallest absolute Gasteiger partial charge is 0.211 e. The van der Waals surface area contributed by atoms with E-state index < -0.39 is 0 Å². The summed E-state index contributed by atoms with van der Waals surface area (Å²) in [7, 11) is 0. The van der Waals surface area contributed by atoms with E-state index in [1.807, 2.05) is 41.5 Å². The van der Waals surface area contributed by atoms with Crippen molar-refractivity contribution in [3.63, 3.8) is 0 Å². The van der Waals surface area contributed by atoms with E-state index in [2.05, 4.69) is 23.1 Å². The first-order valence-corrected chi connectivity index (χ1v) is 6.80. The lowest BCUT2D eigenvalue weighted by molar-refractivity contribution is 0.131. The summed E-state index contributed by atoms with van der Waals surface area (Å²) in [5, 5.41) is 0. The van der Waals surface area contributed by atoms with Crippen molar-refractivity contribution >= 4 is 11.8 Å². The molecule has 2 aliphatic heterocycles. The van der Waals surface area contributed by atoms with Gasteiger partial charge in [0, 0.05) is 11.1 Å². The first-order valence-electron chi connectivity index (χ1n) is 6.80. The second-order valence-corrected chi connectivity index (χ2v) is 6.56. The van der Waals surface area contributed by atoms with Crippen LogP contribution < -0.4 is 0 Å². The van der Waals surface area contributed by atoms with E-state index in [-0.39, 0.29) is 11.1 Å². The van der Waals surface area contributed by atoms with Crippen LogP contribution in [-0.2, 0) is 9.47 Å². The number of hydrogen-bond donors (Lipinski definition) is 0. The average Bonchev–Trinajstić information content (AvgIpc) is 2.82. The van der Waals surface area contributed by atoms with Gasteiger partial charge in [0.15, 0.2) is 0 Å². The third kappa shape index (κ3) is 4.83. The van der Waals surface area contributed by atoms with Gasteiger partial charge in [0.25, 0.3) is 0 Å². The fourth-order valence-corrected chi connectivity index (χ4v) is 1.61. The lowest BCUT2D eigenvalue weighted by Crippen LogP contribution is -2.24. The van der Waals surface area contributed by atoms with E-state index in [1.165, 1.54) is 0 Å². The number of hydrogen-bond acceptors (Lipinski definition) is 4. The quantitative estimate of drug-likeness (QED) is 0.775. The molecule has 2 aliphatic rings. The van der Waals surface area contributed by atoms with Crippen molar-refractivity contribution in [1.29, 1.82) is 0 Å². The minimum absolute atomic E-state index is 0.0473. The van der Waals surface area contributed by atoms with Gasteiger partial charge < -0.3 is 9.47 Å².